The third kappa shape index (κ3) is 5.90. The van der Waals surface area contributed by atoms with Crippen LogP contribution in [0.1, 0.15) is 33.4 Å². The number of hydrogen-bond donors (Lipinski definition) is 1. The molecule has 0 aliphatic carbocycles. The van der Waals surface area contributed by atoms with E-state index in [9.17, 15) is 4.57 Å². The van der Waals surface area contributed by atoms with Crippen molar-refractivity contribution in [3.05, 3.63) is 48.8 Å². The molecule has 0 fully saturated rings. The van der Waals surface area contributed by atoms with E-state index in [4.69, 9.17) is 24.5 Å². The Balaban J connectivity index is 1.34. The molecule has 10 nitrogen and oxygen atoms in total. The van der Waals surface area contributed by atoms with Crippen molar-refractivity contribution in [1.29, 1.82) is 0 Å². The van der Waals surface area contributed by atoms with Crippen LogP contribution in [0.4, 0.5) is 5.95 Å². The molecule has 35 heavy (non-hydrogen) atoms. The highest BCUT2D eigenvalue weighted by Crippen LogP contribution is 2.30. The largest absolute Gasteiger partial charge is 0.483 e. The summed E-state index contributed by atoms with van der Waals surface area (Å²) in [7, 11) is -2.43. The van der Waals surface area contributed by atoms with Crippen LogP contribution in [0.15, 0.2) is 48.8 Å². The van der Waals surface area contributed by atoms with Gasteiger partial charge in [0.05, 0.1) is 25.6 Å². The minimum Gasteiger partial charge on any atom is -0.483 e. The van der Waals surface area contributed by atoms with Gasteiger partial charge in [0.25, 0.3) is 0 Å². The van der Waals surface area contributed by atoms with E-state index in [-0.39, 0.29) is 25.0 Å². The van der Waals surface area contributed by atoms with E-state index in [2.05, 4.69) is 15.0 Å². The standard InChI is InChI=1S/C24H30N5O5P/c1-4-18(13-33-35(30)15-32-20-12-8-10-17-9-6-7-11-19(17)20)34-16(3)29-14-26-21-22(29)27-24(25)28-23(21)31-5-2/h6-12,14,16,18,35H,4-5,13,15H2,1-3H3,(H2,25,27,28)/t16-,18+/m1/s1. The summed E-state index contributed by atoms with van der Waals surface area (Å²) in [5.74, 6) is 1.11. The number of fused-ring (bicyclic) bond motifs is 2. The van der Waals surface area contributed by atoms with E-state index in [0.29, 0.717) is 35.8 Å². The molecule has 3 atom stereocenters. The number of hydrogen-bond acceptors (Lipinski definition) is 9. The Morgan fingerprint density at radius 1 is 1.09 bits per heavy atom. The summed E-state index contributed by atoms with van der Waals surface area (Å²) in [6, 6.07) is 13.7. The summed E-state index contributed by atoms with van der Waals surface area (Å²) < 4.78 is 37.4. The van der Waals surface area contributed by atoms with E-state index in [0.717, 1.165) is 10.8 Å². The molecular formula is C24H30N5O5P. The maximum absolute atomic E-state index is 12.5. The predicted octanol–water partition coefficient (Wildman–Crippen LogP) is 4.80. The molecular weight excluding hydrogens is 469 g/mol. The molecule has 2 aromatic heterocycles. The molecule has 0 aliphatic heterocycles. The lowest BCUT2D eigenvalue weighted by molar-refractivity contribution is -0.0596. The molecule has 0 bridgehead atoms. The van der Waals surface area contributed by atoms with Crippen molar-refractivity contribution in [1.82, 2.24) is 19.5 Å². The summed E-state index contributed by atoms with van der Waals surface area (Å²) >= 11 is 0. The van der Waals surface area contributed by atoms with Crippen molar-refractivity contribution in [2.24, 2.45) is 0 Å². The lowest BCUT2D eigenvalue weighted by Gasteiger charge is -2.22. The van der Waals surface area contributed by atoms with Crippen LogP contribution in [-0.2, 0) is 13.8 Å². The van der Waals surface area contributed by atoms with Gasteiger partial charge in [-0.05, 0) is 31.7 Å². The van der Waals surface area contributed by atoms with Crippen molar-refractivity contribution in [3.8, 4) is 11.6 Å². The highest BCUT2D eigenvalue weighted by Gasteiger charge is 2.20. The van der Waals surface area contributed by atoms with Gasteiger partial charge in [-0.3, -0.25) is 9.13 Å². The number of imidazole rings is 1. The van der Waals surface area contributed by atoms with Gasteiger partial charge in [0.1, 0.15) is 12.0 Å². The molecule has 0 saturated carbocycles. The summed E-state index contributed by atoms with van der Waals surface area (Å²) in [4.78, 5) is 12.8. The van der Waals surface area contributed by atoms with Gasteiger partial charge in [-0.2, -0.15) is 9.97 Å². The van der Waals surface area contributed by atoms with Crippen molar-refractivity contribution in [3.63, 3.8) is 0 Å². The molecule has 0 saturated heterocycles. The van der Waals surface area contributed by atoms with E-state index in [1.54, 1.807) is 10.9 Å². The molecule has 186 valence electrons. The first kappa shape index (κ1) is 24.9. The van der Waals surface area contributed by atoms with Crippen LogP contribution in [-0.4, -0.2) is 45.2 Å². The lowest BCUT2D eigenvalue weighted by atomic mass is 10.1. The van der Waals surface area contributed by atoms with Crippen molar-refractivity contribution in [2.75, 3.05) is 25.3 Å². The van der Waals surface area contributed by atoms with Gasteiger partial charge in [0, 0.05) is 5.39 Å². The number of benzene rings is 2. The van der Waals surface area contributed by atoms with Crippen molar-refractivity contribution >= 4 is 35.9 Å². The first-order valence-electron chi connectivity index (χ1n) is 11.5. The molecule has 4 aromatic rings. The van der Waals surface area contributed by atoms with Gasteiger partial charge in [-0.15, -0.1) is 0 Å². The third-order valence-corrected chi connectivity index (χ3v) is 6.32. The number of ether oxygens (including phenoxy) is 3. The summed E-state index contributed by atoms with van der Waals surface area (Å²) in [5, 5.41) is 2.03. The number of anilines is 1. The van der Waals surface area contributed by atoms with Gasteiger partial charge in [0.15, 0.2) is 17.5 Å². The maximum atomic E-state index is 12.5. The monoisotopic (exact) mass is 499 g/mol. The minimum atomic E-state index is -2.43. The van der Waals surface area contributed by atoms with Gasteiger partial charge in [-0.1, -0.05) is 43.3 Å². The van der Waals surface area contributed by atoms with E-state index in [1.807, 2.05) is 63.2 Å². The number of rotatable bonds is 12. The van der Waals surface area contributed by atoms with E-state index >= 15 is 0 Å². The average molecular weight is 500 g/mol. The van der Waals surface area contributed by atoms with Crippen molar-refractivity contribution < 1.29 is 23.3 Å². The quantitative estimate of drug-likeness (QED) is 0.274. The summed E-state index contributed by atoms with van der Waals surface area (Å²) in [5.41, 5.74) is 6.87. The molecule has 2 N–H and O–H groups in total. The smallest absolute Gasteiger partial charge is 0.247 e. The molecule has 0 amide bonds. The Labute approximate surface area is 204 Å². The Hall–Kier alpha value is -3.20. The van der Waals surface area contributed by atoms with Crippen LogP contribution in [0.3, 0.4) is 0 Å². The minimum absolute atomic E-state index is 0.00672. The Morgan fingerprint density at radius 2 is 1.89 bits per heavy atom. The molecule has 0 spiro atoms. The fraction of sp³-hybridized carbons (Fsp3) is 0.375. The van der Waals surface area contributed by atoms with Crippen LogP contribution in [0.25, 0.3) is 21.9 Å². The average Bonchev–Trinajstić information content (AvgIpc) is 3.29. The zero-order chi connectivity index (χ0) is 24.8. The van der Waals surface area contributed by atoms with Gasteiger partial charge < -0.3 is 24.5 Å². The van der Waals surface area contributed by atoms with Crippen LogP contribution >= 0.6 is 8.03 Å². The van der Waals surface area contributed by atoms with Gasteiger partial charge in [-0.25, -0.2) is 4.98 Å². The molecule has 2 heterocycles. The number of nitrogens with zero attached hydrogens (tertiary/aromatic N) is 4. The summed E-state index contributed by atoms with van der Waals surface area (Å²) in [6.07, 6.45) is 1.55. The van der Waals surface area contributed by atoms with E-state index in [1.165, 1.54) is 0 Å². The molecule has 1 unspecified atom stereocenters. The molecule has 2 aromatic carbocycles. The van der Waals surface area contributed by atoms with Gasteiger partial charge >= 0.3 is 0 Å². The van der Waals surface area contributed by atoms with Crippen molar-refractivity contribution in [2.45, 2.75) is 39.5 Å². The van der Waals surface area contributed by atoms with Crippen LogP contribution in [0.2, 0.25) is 0 Å². The second-order valence-corrected chi connectivity index (χ2v) is 9.18. The first-order chi connectivity index (χ1) is 17.0. The Morgan fingerprint density at radius 3 is 2.69 bits per heavy atom. The SMILES string of the molecule is CCOc1nc(N)nc2c1ncn2[C@@H](C)O[C@@H](CC)CO[PH](=O)COc1cccc2ccccc12. The number of nitrogen functional groups attached to an aromatic ring is 1. The maximum Gasteiger partial charge on any atom is 0.247 e. The fourth-order valence-corrected chi connectivity index (χ4v) is 4.42. The van der Waals surface area contributed by atoms with Crippen LogP contribution in [0.5, 0.6) is 11.6 Å². The fourth-order valence-electron chi connectivity index (χ4n) is 3.69. The molecule has 0 aliphatic rings. The highest BCUT2D eigenvalue weighted by atomic mass is 31.1. The van der Waals surface area contributed by atoms with Gasteiger partial charge in [0.2, 0.25) is 19.9 Å². The molecule has 0 radical (unpaired) electrons. The normalized spacial score (nSPS) is 14.1. The molecule has 11 heteroatoms. The predicted molar refractivity (Wildman–Crippen MR) is 135 cm³/mol. The van der Waals surface area contributed by atoms with E-state index < -0.39 is 14.3 Å². The van der Waals surface area contributed by atoms with Crippen LogP contribution < -0.4 is 15.2 Å². The van der Waals surface area contributed by atoms with Crippen LogP contribution in [0, 0.1) is 0 Å². The topological polar surface area (TPSA) is 124 Å². The second-order valence-electron chi connectivity index (χ2n) is 7.86. The Kier molecular flexibility index (Phi) is 8.17. The highest BCUT2D eigenvalue weighted by molar-refractivity contribution is 7.38. The zero-order valence-electron chi connectivity index (χ0n) is 20.0. The summed E-state index contributed by atoms with van der Waals surface area (Å²) in [6.45, 7) is 6.31. The first-order valence-corrected chi connectivity index (χ1v) is 13.1. The second kappa shape index (κ2) is 11.5. The Bertz CT molecular complexity index is 1310. The lowest BCUT2D eigenvalue weighted by Crippen LogP contribution is -2.22. The number of nitrogens with two attached hydrogens (primary N) is 1. The number of aromatic nitrogens is 4. The molecule has 4 rings (SSSR count). The third-order valence-electron chi connectivity index (χ3n) is 5.45. The zero-order valence-corrected chi connectivity index (χ0v) is 21.0.